The Morgan fingerprint density at radius 3 is 2.49 bits per heavy atom. The number of fused-ring (bicyclic) bond motifs is 1. The van der Waals surface area contributed by atoms with Crippen LogP contribution in [-0.4, -0.2) is 51.1 Å². The van der Waals surface area contributed by atoms with E-state index in [-0.39, 0.29) is 25.0 Å². The molecule has 0 unspecified atom stereocenters. The summed E-state index contributed by atoms with van der Waals surface area (Å²) in [4.78, 5) is 32.5. The minimum atomic E-state index is -0.732. The molecule has 4 rings (SSSR count). The molecule has 0 fully saturated rings. The molecule has 0 saturated heterocycles. The molecule has 0 saturated carbocycles. The first-order chi connectivity index (χ1) is 17.9. The van der Waals surface area contributed by atoms with Crippen molar-refractivity contribution in [3.8, 4) is 0 Å². The first kappa shape index (κ1) is 26.4. The molecule has 7 nitrogen and oxygen atoms in total. The fourth-order valence-electron chi connectivity index (χ4n) is 4.72. The van der Waals surface area contributed by atoms with Gasteiger partial charge in [0.05, 0.1) is 10.5 Å². The van der Waals surface area contributed by atoms with Crippen LogP contribution in [-0.2, 0) is 35.5 Å². The van der Waals surface area contributed by atoms with Crippen molar-refractivity contribution >= 4 is 34.3 Å². The molecule has 2 amide bonds. The fraction of sp³-hybridized carbons (Fsp3) is 0.276. The van der Waals surface area contributed by atoms with Crippen LogP contribution in [0.25, 0.3) is 10.9 Å². The molecule has 2 aromatic heterocycles. The summed E-state index contributed by atoms with van der Waals surface area (Å²) < 4.78 is 1.90. The third-order valence-electron chi connectivity index (χ3n) is 6.55. The number of likely N-dealkylation sites (N-methyl/N-ethyl adjacent to an activating group) is 1. The van der Waals surface area contributed by atoms with Gasteiger partial charge in [-0.15, -0.1) is 0 Å². The third kappa shape index (κ3) is 6.18. The smallest absolute Gasteiger partial charge is 0.245 e. The van der Waals surface area contributed by atoms with Gasteiger partial charge in [-0.25, -0.2) is 0 Å². The van der Waals surface area contributed by atoms with Crippen LogP contribution in [0.4, 0.5) is 0 Å². The number of nitrogens with one attached hydrogen (secondary N) is 1. The zero-order chi connectivity index (χ0) is 26.4. The van der Waals surface area contributed by atoms with E-state index in [0.717, 1.165) is 33.3 Å². The van der Waals surface area contributed by atoms with Crippen molar-refractivity contribution in [2.75, 3.05) is 13.7 Å². The van der Waals surface area contributed by atoms with Crippen molar-refractivity contribution in [3.05, 3.63) is 100 Å². The Labute approximate surface area is 221 Å². The van der Waals surface area contributed by atoms with E-state index in [9.17, 15) is 14.7 Å². The quantitative estimate of drug-likeness (QED) is 0.333. The standard InChI is InChI=1S/C29H31ClN4O3/c1-20-23(13-16-35)28-24(30)9-6-10-26(28)34(20)19-27(36)32-25(17-21-7-4-3-5-8-21)29(37)33(2)18-22-11-14-31-15-12-22/h3-12,14-15,25,35H,13,16-19H2,1-2H3,(H,32,36)/t25-/m0/s1. The summed E-state index contributed by atoms with van der Waals surface area (Å²) in [6, 6.07) is 18.2. The SMILES string of the molecule is Cc1c(CCO)c2c(Cl)cccc2n1CC(=O)N[C@@H](Cc1ccccc1)C(=O)N(C)Cc1ccncc1. The molecular weight excluding hydrogens is 488 g/mol. The number of aromatic nitrogens is 2. The highest BCUT2D eigenvalue weighted by atomic mass is 35.5. The second-order valence-electron chi connectivity index (χ2n) is 9.12. The van der Waals surface area contributed by atoms with Gasteiger partial charge in [-0.2, -0.15) is 0 Å². The summed E-state index contributed by atoms with van der Waals surface area (Å²) >= 11 is 6.49. The molecular formula is C29H31ClN4O3. The number of pyridine rings is 1. The first-order valence-corrected chi connectivity index (χ1v) is 12.6. The number of halogens is 1. The van der Waals surface area contributed by atoms with E-state index in [1.807, 2.05) is 72.2 Å². The van der Waals surface area contributed by atoms with Crippen molar-refractivity contribution in [2.24, 2.45) is 0 Å². The number of rotatable bonds is 10. The molecule has 2 N–H and O–H groups in total. The minimum absolute atomic E-state index is 0.0190. The molecule has 192 valence electrons. The van der Waals surface area contributed by atoms with Gasteiger partial charge in [0.25, 0.3) is 0 Å². The number of hydrogen-bond acceptors (Lipinski definition) is 4. The van der Waals surface area contributed by atoms with E-state index < -0.39 is 6.04 Å². The van der Waals surface area contributed by atoms with Crippen molar-refractivity contribution in [2.45, 2.75) is 38.9 Å². The van der Waals surface area contributed by atoms with Gasteiger partial charge in [0.15, 0.2) is 0 Å². The average Bonchev–Trinajstić information content (AvgIpc) is 3.16. The van der Waals surface area contributed by atoms with Crippen molar-refractivity contribution < 1.29 is 14.7 Å². The summed E-state index contributed by atoms with van der Waals surface area (Å²) in [7, 11) is 1.74. The number of aliphatic hydroxyl groups is 1. The number of carbonyl (C=O) groups excluding carboxylic acids is 2. The average molecular weight is 519 g/mol. The van der Waals surface area contributed by atoms with Crippen molar-refractivity contribution in [1.29, 1.82) is 0 Å². The first-order valence-electron chi connectivity index (χ1n) is 12.2. The van der Waals surface area contributed by atoms with E-state index in [0.29, 0.717) is 24.4 Å². The lowest BCUT2D eigenvalue weighted by Gasteiger charge is -2.25. The molecule has 0 bridgehead atoms. The predicted molar refractivity (Wildman–Crippen MR) is 145 cm³/mol. The van der Waals surface area contributed by atoms with Gasteiger partial charge in [0.1, 0.15) is 12.6 Å². The van der Waals surface area contributed by atoms with Crippen LogP contribution in [0.3, 0.4) is 0 Å². The van der Waals surface area contributed by atoms with Crippen molar-refractivity contribution in [1.82, 2.24) is 19.8 Å². The molecule has 2 aromatic carbocycles. The summed E-state index contributed by atoms with van der Waals surface area (Å²) in [5.74, 6) is -0.450. The van der Waals surface area contributed by atoms with E-state index in [2.05, 4.69) is 10.3 Å². The second kappa shape index (κ2) is 12.0. The zero-order valence-electron chi connectivity index (χ0n) is 21.0. The Morgan fingerprint density at radius 1 is 1.05 bits per heavy atom. The number of amides is 2. The lowest BCUT2D eigenvalue weighted by Crippen LogP contribution is -2.49. The molecule has 0 aliphatic rings. The third-order valence-corrected chi connectivity index (χ3v) is 6.87. The molecule has 0 radical (unpaired) electrons. The topological polar surface area (TPSA) is 87.5 Å². The highest BCUT2D eigenvalue weighted by Gasteiger charge is 2.26. The van der Waals surface area contributed by atoms with Crippen LogP contribution in [0.2, 0.25) is 5.02 Å². The highest BCUT2D eigenvalue weighted by molar-refractivity contribution is 6.35. The maximum absolute atomic E-state index is 13.5. The van der Waals surface area contributed by atoms with Gasteiger partial charge in [-0.05, 0) is 54.3 Å². The molecule has 4 aromatic rings. The Morgan fingerprint density at radius 2 is 1.78 bits per heavy atom. The summed E-state index contributed by atoms with van der Waals surface area (Å²) in [5.41, 5.74) is 4.53. The van der Waals surface area contributed by atoms with Gasteiger partial charge in [0, 0.05) is 50.1 Å². The van der Waals surface area contributed by atoms with E-state index in [1.165, 1.54) is 0 Å². The number of benzene rings is 2. The van der Waals surface area contributed by atoms with E-state index in [1.54, 1.807) is 24.3 Å². The molecule has 0 aliphatic carbocycles. The molecule has 8 heteroatoms. The maximum atomic E-state index is 13.5. The Bertz CT molecular complexity index is 1370. The van der Waals surface area contributed by atoms with Gasteiger partial charge < -0.3 is 19.9 Å². The number of carbonyl (C=O) groups is 2. The Hall–Kier alpha value is -3.68. The summed E-state index contributed by atoms with van der Waals surface area (Å²) in [6.45, 7) is 2.34. The highest BCUT2D eigenvalue weighted by Crippen LogP contribution is 2.32. The van der Waals surface area contributed by atoms with Crippen LogP contribution < -0.4 is 5.32 Å². The van der Waals surface area contributed by atoms with E-state index >= 15 is 0 Å². The maximum Gasteiger partial charge on any atom is 0.245 e. The van der Waals surface area contributed by atoms with E-state index in [4.69, 9.17) is 11.6 Å². The predicted octanol–water partition coefficient (Wildman–Crippen LogP) is 3.92. The number of nitrogens with zero attached hydrogens (tertiary/aromatic N) is 3. The monoisotopic (exact) mass is 518 g/mol. The fourth-order valence-corrected chi connectivity index (χ4v) is 5.01. The molecule has 0 aliphatic heterocycles. The van der Waals surface area contributed by atoms with Crippen LogP contribution in [0, 0.1) is 6.92 Å². The zero-order valence-corrected chi connectivity index (χ0v) is 21.8. The van der Waals surface area contributed by atoms with Gasteiger partial charge in [-0.1, -0.05) is 48.0 Å². The van der Waals surface area contributed by atoms with Gasteiger partial charge in [0.2, 0.25) is 11.8 Å². The van der Waals surface area contributed by atoms with Crippen LogP contribution in [0.5, 0.6) is 0 Å². The Kier molecular flexibility index (Phi) is 8.58. The molecule has 1 atom stereocenters. The lowest BCUT2D eigenvalue weighted by molar-refractivity contribution is -0.136. The summed E-state index contributed by atoms with van der Waals surface area (Å²) in [5, 5.41) is 14.0. The largest absolute Gasteiger partial charge is 0.396 e. The van der Waals surface area contributed by atoms with Gasteiger partial charge >= 0.3 is 0 Å². The van der Waals surface area contributed by atoms with Crippen LogP contribution in [0.15, 0.2) is 73.1 Å². The molecule has 0 spiro atoms. The van der Waals surface area contributed by atoms with Crippen LogP contribution >= 0.6 is 11.6 Å². The Balaban J connectivity index is 1.58. The second-order valence-corrected chi connectivity index (χ2v) is 9.52. The number of hydrogen-bond donors (Lipinski definition) is 2. The minimum Gasteiger partial charge on any atom is -0.396 e. The van der Waals surface area contributed by atoms with Crippen LogP contribution in [0.1, 0.15) is 22.4 Å². The van der Waals surface area contributed by atoms with Crippen molar-refractivity contribution in [3.63, 3.8) is 0 Å². The normalized spacial score (nSPS) is 11.9. The number of aliphatic hydroxyl groups excluding tert-OH is 1. The summed E-state index contributed by atoms with van der Waals surface area (Å²) in [6.07, 6.45) is 4.20. The van der Waals surface area contributed by atoms with Gasteiger partial charge in [-0.3, -0.25) is 14.6 Å². The molecule has 2 heterocycles. The molecule has 37 heavy (non-hydrogen) atoms. The lowest BCUT2D eigenvalue weighted by atomic mass is 10.0.